The molecule has 4 aromatic rings. The number of carbonyl (C=O) groups excluding carboxylic acids is 2. The van der Waals surface area contributed by atoms with E-state index in [2.05, 4.69) is 4.98 Å². The van der Waals surface area contributed by atoms with Crippen molar-refractivity contribution >= 4 is 11.7 Å². The van der Waals surface area contributed by atoms with Crippen molar-refractivity contribution in [2.45, 2.75) is 56.7 Å². The summed E-state index contributed by atoms with van der Waals surface area (Å²) in [7, 11) is 0. The monoisotopic (exact) mass is 581 g/mol. The number of Topliss-reactive ketones (excluding diaryl/α,β-unsaturated/α-hetero) is 1. The number of benzene rings is 2. The summed E-state index contributed by atoms with van der Waals surface area (Å²) in [6, 6.07) is 16.5. The van der Waals surface area contributed by atoms with Crippen molar-refractivity contribution in [1.82, 2.24) is 9.97 Å². The highest BCUT2D eigenvalue weighted by molar-refractivity contribution is 5.98. The second-order valence-corrected chi connectivity index (χ2v) is 11.7. The van der Waals surface area contributed by atoms with Crippen LogP contribution in [0.1, 0.15) is 61.1 Å². The van der Waals surface area contributed by atoms with Crippen LogP contribution in [0.3, 0.4) is 0 Å². The first-order valence-corrected chi connectivity index (χ1v) is 14.3. The van der Waals surface area contributed by atoms with Gasteiger partial charge in [0.05, 0.1) is 11.8 Å². The van der Waals surface area contributed by atoms with Crippen molar-refractivity contribution in [3.63, 3.8) is 0 Å². The maximum atomic E-state index is 13.7. The molecule has 0 bridgehead atoms. The fourth-order valence-electron chi connectivity index (χ4n) is 5.22. The van der Waals surface area contributed by atoms with Crippen molar-refractivity contribution in [3.05, 3.63) is 95.7 Å². The molecule has 9 heteroatoms. The van der Waals surface area contributed by atoms with E-state index in [4.69, 9.17) is 20.2 Å². The molecular weight excluding hydrogens is 549 g/mol. The number of ether oxygens (including phenoxy) is 2. The Hall–Kier alpha value is -4.63. The number of nitrogens with zero attached hydrogens (tertiary/aromatic N) is 2. The van der Waals surface area contributed by atoms with E-state index in [0.717, 1.165) is 24.0 Å². The number of primary amides is 1. The number of nitrogens with two attached hydrogens (primary N) is 1. The smallest absolute Gasteiger partial charge is 0.231 e. The molecule has 6 rings (SSSR count). The van der Waals surface area contributed by atoms with Crippen molar-refractivity contribution in [3.8, 4) is 33.9 Å². The quantitative estimate of drug-likeness (QED) is 0.237. The second-order valence-electron chi connectivity index (χ2n) is 11.7. The Labute approximate surface area is 248 Å². The van der Waals surface area contributed by atoms with Crippen molar-refractivity contribution < 1.29 is 28.6 Å². The molecule has 1 aliphatic heterocycles. The van der Waals surface area contributed by atoms with Gasteiger partial charge in [0.2, 0.25) is 5.91 Å². The molecule has 2 atom stereocenters. The van der Waals surface area contributed by atoms with Crippen LogP contribution < -0.4 is 15.2 Å². The third kappa shape index (κ3) is 5.60. The molecule has 2 aromatic heterocycles. The number of ketones is 1. The molecule has 0 saturated heterocycles. The van der Waals surface area contributed by atoms with Gasteiger partial charge in [-0.3, -0.25) is 14.6 Å². The Bertz CT molecular complexity index is 1700. The fourth-order valence-corrected chi connectivity index (χ4v) is 5.22. The summed E-state index contributed by atoms with van der Waals surface area (Å²) in [5, 5.41) is 11.7. The molecule has 3 heterocycles. The van der Waals surface area contributed by atoms with Crippen LogP contribution in [0, 0.1) is 5.82 Å². The number of aliphatic hydroxyl groups is 1. The number of fused-ring (bicyclic) bond motifs is 1. The first kappa shape index (κ1) is 28.5. The number of aromatic nitrogens is 2. The summed E-state index contributed by atoms with van der Waals surface area (Å²) >= 11 is 0. The summed E-state index contributed by atoms with van der Waals surface area (Å²) in [5.74, 6) is -0.0707. The average molecular weight is 582 g/mol. The Balaban J connectivity index is 1.30. The van der Waals surface area contributed by atoms with Gasteiger partial charge in [-0.15, -0.1) is 0 Å². The molecule has 0 spiro atoms. The highest BCUT2D eigenvalue weighted by Gasteiger charge is 2.45. The summed E-state index contributed by atoms with van der Waals surface area (Å²) in [6.07, 6.45) is 5.68. The van der Waals surface area contributed by atoms with Crippen molar-refractivity contribution in [1.29, 1.82) is 0 Å². The normalized spacial score (nSPS) is 18.8. The summed E-state index contributed by atoms with van der Waals surface area (Å²) in [4.78, 5) is 34.7. The number of carbonyl (C=O) groups is 2. The van der Waals surface area contributed by atoms with Crippen LogP contribution in [0.5, 0.6) is 11.5 Å². The third-order valence-corrected chi connectivity index (χ3v) is 8.24. The predicted octanol–water partition coefficient (Wildman–Crippen LogP) is 5.50. The molecular formula is C34H32FN3O5. The Morgan fingerprint density at radius 2 is 1.81 bits per heavy atom. The van der Waals surface area contributed by atoms with Crippen LogP contribution >= 0.6 is 0 Å². The number of halogens is 1. The zero-order valence-electron chi connectivity index (χ0n) is 24.0. The molecule has 2 aliphatic rings. The molecule has 0 unspecified atom stereocenters. The maximum Gasteiger partial charge on any atom is 0.231 e. The first-order valence-electron chi connectivity index (χ1n) is 14.3. The van der Waals surface area contributed by atoms with Crippen LogP contribution in [0.2, 0.25) is 0 Å². The van der Waals surface area contributed by atoms with Gasteiger partial charge in [0.15, 0.2) is 5.78 Å². The summed E-state index contributed by atoms with van der Waals surface area (Å²) in [6.45, 7) is 3.27. The van der Waals surface area contributed by atoms with E-state index in [9.17, 15) is 19.1 Å². The average Bonchev–Trinajstić information content (AvgIpc) is 3.76. The standard InChI is InChI=1S/C34H32FN3O5/c1-33(32(36)40)19-42-31-26(33)18-29(38-30(31)21-3-6-23(35)7-4-21)34(2,41)14-11-27(39)22-5-10-28(43-24-8-9-24)25(17-22)20-12-15-37-16-13-20/h3-7,10,12-13,15-18,24,41H,8-9,11,14,19H2,1-2H3,(H2,36,40)/t33-,34-/m0/s1. The summed E-state index contributed by atoms with van der Waals surface area (Å²) in [5.41, 5.74) is 6.91. The molecule has 0 radical (unpaired) electrons. The molecule has 3 N–H and O–H groups in total. The van der Waals surface area contributed by atoms with Crippen LogP contribution in [0.4, 0.5) is 4.39 Å². The van der Waals surface area contributed by atoms with Gasteiger partial charge in [-0.05, 0) is 99.3 Å². The molecule has 8 nitrogen and oxygen atoms in total. The second kappa shape index (κ2) is 10.9. The van der Waals surface area contributed by atoms with Crippen molar-refractivity contribution in [2.24, 2.45) is 5.73 Å². The van der Waals surface area contributed by atoms with Gasteiger partial charge in [-0.2, -0.15) is 0 Å². The van der Waals surface area contributed by atoms with E-state index >= 15 is 0 Å². The van der Waals surface area contributed by atoms with E-state index < -0.39 is 22.7 Å². The minimum absolute atomic E-state index is 0.0118. The topological polar surface area (TPSA) is 125 Å². The lowest BCUT2D eigenvalue weighted by atomic mass is 9.81. The van der Waals surface area contributed by atoms with Gasteiger partial charge in [-0.1, -0.05) is 0 Å². The molecule has 43 heavy (non-hydrogen) atoms. The predicted molar refractivity (Wildman–Crippen MR) is 158 cm³/mol. The van der Waals surface area contributed by atoms with Gasteiger partial charge < -0.3 is 20.3 Å². The SMILES string of the molecule is C[C@](O)(CCC(=O)c1ccc(OC2CC2)c(-c2ccncc2)c1)c1cc2c(c(-c3ccc(F)cc3)n1)OC[C@]2(C)C(N)=O. The zero-order valence-corrected chi connectivity index (χ0v) is 24.0. The van der Waals surface area contributed by atoms with E-state index in [1.54, 1.807) is 50.5 Å². The summed E-state index contributed by atoms with van der Waals surface area (Å²) < 4.78 is 25.7. The van der Waals surface area contributed by atoms with E-state index in [-0.39, 0.29) is 37.0 Å². The number of amides is 1. The molecule has 1 saturated carbocycles. The Morgan fingerprint density at radius 1 is 1.09 bits per heavy atom. The van der Waals surface area contributed by atoms with Gasteiger partial charge in [0.25, 0.3) is 0 Å². The van der Waals surface area contributed by atoms with Gasteiger partial charge >= 0.3 is 0 Å². The van der Waals surface area contributed by atoms with E-state index in [0.29, 0.717) is 33.9 Å². The molecule has 1 aliphatic carbocycles. The number of hydrogen-bond donors (Lipinski definition) is 2. The minimum Gasteiger partial charge on any atom is -0.490 e. The largest absolute Gasteiger partial charge is 0.490 e. The first-order chi connectivity index (χ1) is 20.5. The fraction of sp³-hybridized carbons (Fsp3) is 0.294. The van der Waals surface area contributed by atoms with Crippen LogP contribution in [-0.4, -0.2) is 39.5 Å². The minimum atomic E-state index is -1.55. The highest BCUT2D eigenvalue weighted by atomic mass is 19.1. The Morgan fingerprint density at radius 3 is 2.49 bits per heavy atom. The van der Waals surface area contributed by atoms with Crippen LogP contribution in [-0.2, 0) is 15.8 Å². The van der Waals surface area contributed by atoms with Crippen molar-refractivity contribution in [2.75, 3.05) is 6.61 Å². The van der Waals surface area contributed by atoms with E-state index in [1.807, 2.05) is 24.3 Å². The number of pyridine rings is 2. The lowest BCUT2D eigenvalue weighted by molar-refractivity contribution is -0.123. The molecule has 1 fully saturated rings. The van der Waals surface area contributed by atoms with Crippen LogP contribution in [0.25, 0.3) is 22.4 Å². The van der Waals surface area contributed by atoms with Gasteiger partial charge in [0, 0.05) is 41.1 Å². The number of hydrogen-bond acceptors (Lipinski definition) is 7. The van der Waals surface area contributed by atoms with E-state index in [1.165, 1.54) is 12.1 Å². The third-order valence-electron chi connectivity index (χ3n) is 8.24. The molecule has 220 valence electrons. The van der Waals surface area contributed by atoms with Gasteiger partial charge in [0.1, 0.15) is 40.6 Å². The number of rotatable bonds is 10. The van der Waals surface area contributed by atoms with Gasteiger partial charge in [-0.25, -0.2) is 9.37 Å². The lowest BCUT2D eigenvalue weighted by Gasteiger charge is -2.26. The highest BCUT2D eigenvalue weighted by Crippen LogP contribution is 2.46. The zero-order chi connectivity index (χ0) is 30.4. The van der Waals surface area contributed by atoms with Crippen LogP contribution in [0.15, 0.2) is 73.1 Å². The lowest BCUT2D eigenvalue weighted by Crippen LogP contribution is -2.40. The molecule has 1 amide bonds. The maximum absolute atomic E-state index is 13.7. The Kier molecular flexibility index (Phi) is 7.22. The molecule has 2 aromatic carbocycles.